The standard InChI is InChI=1S/C36H18N6O5S2/c37-12-16-6-20-21(7-17(16)13-38)29(44)24(28(20)43)10-26-41-34-32(48-26)33-35(47-36(34)4-2-1-3-5-36)42-27(49-33)11-25-30(45)22-8-18(14-39)19(15-40)9-23(22)31(25)46/h6-11,30,45H,1-5H2/b25-11+. The van der Waals surface area contributed by atoms with Gasteiger partial charge in [0.2, 0.25) is 5.88 Å². The molecule has 2 aromatic heterocycles. The predicted molar refractivity (Wildman–Crippen MR) is 174 cm³/mol. The monoisotopic (exact) mass is 678 g/mol. The third-order valence-electron chi connectivity index (χ3n) is 9.30. The molecule has 2 aromatic carbocycles. The summed E-state index contributed by atoms with van der Waals surface area (Å²) in [5.41, 5.74) is 0.547. The SMILES string of the molecule is N#Cc1cc2c(cc1C#N)C(=O)C(=Cc1nc3c(s1)-c1sc(/C=C4/C(=O)c5cc(C#N)c(C#N)cc5C4O)nc1OC31CCCCC1)C2=O. The number of aliphatic hydroxyl groups is 1. The Kier molecular flexibility index (Phi) is 6.78. The second kappa shape index (κ2) is 11.0. The zero-order chi connectivity index (χ0) is 34.2. The maximum atomic E-state index is 13.4. The van der Waals surface area contributed by atoms with E-state index in [2.05, 4.69) is 0 Å². The summed E-state index contributed by atoms with van der Waals surface area (Å²) in [6.07, 6.45) is 5.80. The molecule has 1 aliphatic heterocycles. The Morgan fingerprint density at radius 1 is 0.735 bits per heavy atom. The molecule has 11 nitrogen and oxygen atoms in total. The zero-order valence-electron chi connectivity index (χ0n) is 25.2. The number of carbonyl (C=O) groups excluding carboxylic acids is 3. The molecule has 234 valence electrons. The van der Waals surface area contributed by atoms with Gasteiger partial charge in [0.1, 0.15) is 51.0 Å². The molecule has 13 heteroatoms. The lowest BCUT2D eigenvalue weighted by atomic mass is 9.80. The van der Waals surface area contributed by atoms with E-state index < -0.39 is 29.1 Å². The number of nitrogens with zero attached hydrogens (tertiary/aromatic N) is 6. The molecular formula is C36H18N6O5S2. The maximum absolute atomic E-state index is 13.4. The van der Waals surface area contributed by atoms with Crippen molar-refractivity contribution in [2.45, 2.75) is 43.8 Å². The van der Waals surface area contributed by atoms with Crippen LogP contribution in [-0.4, -0.2) is 32.4 Å². The molecule has 1 spiro atoms. The maximum Gasteiger partial charge on any atom is 0.235 e. The number of ketones is 3. The van der Waals surface area contributed by atoms with Gasteiger partial charge in [0.25, 0.3) is 0 Å². The molecule has 49 heavy (non-hydrogen) atoms. The van der Waals surface area contributed by atoms with Crippen LogP contribution in [0.3, 0.4) is 0 Å². The Morgan fingerprint density at radius 2 is 1.29 bits per heavy atom. The topological polar surface area (TPSA) is 202 Å². The Bertz CT molecular complexity index is 2430. The van der Waals surface area contributed by atoms with Crippen molar-refractivity contribution in [3.05, 3.63) is 95.6 Å². The highest BCUT2D eigenvalue weighted by Gasteiger charge is 2.47. The average molecular weight is 679 g/mol. The fraction of sp³-hybridized carbons (Fsp3) is 0.194. The Morgan fingerprint density at radius 3 is 1.90 bits per heavy atom. The minimum atomic E-state index is -1.31. The van der Waals surface area contributed by atoms with E-state index >= 15 is 0 Å². The molecular weight excluding hydrogens is 661 g/mol. The second-order valence-corrected chi connectivity index (χ2v) is 14.1. The van der Waals surface area contributed by atoms with Gasteiger partial charge >= 0.3 is 0 Å². The number of hydrogen-bond donors (Lipinski definition) is 1. The molecule has 1 atom stereocenters. The van der Waals surface area contributed by atoms with E-state index in [0.29, 0.717) is 39.3 Å². The number of aliphatic hydroxyl groups excluding tert-OH is 1. The number of ether oxygens (including phenoxy) is 1. The molecule has 0 amide bonds. The number of nitriles is 4. The normalized spacial score (nSPS) is 18.9. The fourth-order valence-corrected chi connectivity index (χ4v) is 9.08. The van der Waals surface area contributed by atoms with Crippen molar-refractivity contribution in [2.75, 3.05) is 0 Å². The fourth-order valence-electron chi connectivity index (χ4n) is 6.91. The van der Waals surface area contributed by atoms with Gasteiger partial charge in [-0.1, -0.05) is 6.42 Å². The number of aromatic nitrogens is 2. The third kappa shape index (κ3) is 4.42. The smallest absolute Gasteiger partial charge is 0.235 e. The molecule has 0 radical (unpaired) electrons. The van der Waals surface area contributed by atoms with Gasteiger partial charge in [0, 0.05) is 22.3 Å². The quantitative estimate of drug-likeness (QED) is 0.190. The van der Waals surface area contributed by atoms with Crippen molar-refractivity contribution in [3.8, 4) is 39.9 Å². The van der Waals surface area contributed by atoms with Gasteiger partial charge in [0.05, 0.1) is 32.7 Å². The molecule has 3 aliphatic carbocycles. The number of hydrogen-bond acceptors (Lipinski definition) is 13. The third-order valence-corrected chi connectivity index (χ3v) is 11.4. The molecule has 1 saturated carbocycles. The number of benzene rings is 2. The lowest BCUT2D eigenvalue weighted by Gasteiger charge is -2.38. The molecule has 0 bridgehead atoms. The van der Waals surface area contributed by atoms with Crippen molar-refractivity contribution in [1.82, 2.24) is 9.97 Å². The van der Waals surface area contributed by atoms with Gasteiger partial charge in [-0.05, 0) is 67.7 Å². The highest BCUT2D eigenvalue weighted by Crippen LogP contribution is 2.55. The summed E-state index contributed by atoms with van der Waals surface area (Å²) in [6.45, 7) is 0. The van der Waals surface area contributed by atoms with Crippen molar-refractivity contribution >= 4 is 52.2 Å². The lowest BCUT2D eigenvalue weighted by molar-refractivity contribution is 0.0168. The molecule has 8 rings (SSSR count). The van der Waals surface area contributed by atoms with E-state index in [0.717, 1.165) is 24.1 Å². The molecule has 4 aliphatic rings. The van der Waals surface area contributed by atoms with Crippen LogP contribution in [0, 0.1) is 45.3 Å². The van der Waals surface area contributed by atoms with Gasteiger partial charge < -0.3 is 9.84 Å². The summed E-state index contributed by atoms with van der Waals surface area (Å²) in [5.74, 6) is -1.20. The molecule has 1 fully saturated rings. The van der Waals surface area contributed by atoms with Gasteiger partial charge in [0.15, 0.2) is 23.0 Å². The van der Waals surface area contributed by atoms with Gasteiger partial charge in [-0.25, -0.2) is 9.97 Å². The Labute approximate surface area is 285 Å². The van der Waals surface area contributed by atoms with Crippen molar-refractivity contribution in [3.63, 3.8) is 0 Å². The van der Waals surface area contributed by atoms with Gasteiger partial charge in [-0.2, -0.15) is 21.0 Å². The number of thiazole rings is 2. The lowest BCUT2D eigenvalue weighted by Crippen LogP contribution is -2.38. The van der Waals surface area contributed by atoms with Crippen LogP contribution in [-0.2, 0) is 5.60 Å². The minimum Gasteiger partial charge on any atom is -0.463 e. The van der Waals surface area contributed by atoms with Crippen molar-refractivity contribution < 1.29 is 24.2 Å². The number of carbonyl (C=O) groups is 3. The molecule has 1 unspecified atom stereocenters. The highest BCUT2D eigenvalue weighted by atomic mass is 32.1. The summed E-state index contributed by atoms with van der Waals surface area (Å²) >= 11 is 2.52. The van der Waals surface area contributed by atoms with E-state index in [1.807, 2.05) is 24.3 Å². The predicted octanol–water partition coefficient (Wildman–Crippen LogP) is 6.08. The van der Waals surface area contributed by atoms with E-state index in [4.69, 9.17) is 14.7 Å². The number of Topliss-reactive ketones (excluding diaryl/α,β-unsaturated/α-hetero) is 3. The highest BCUT2D eigenvalue weighted by molar-refractivity contribution is 7.23. The first kappa shape index (κ1) is 30.3. The van der Waals surface area contributed by atoms with Crippen LogP contribution in [0.25, 0.3) is 21.9 Å². The summed E-state index contributed by atoms with van der Waals surface area (Å²) in [7, 11) is 0. The molecule has 0 saturated heterocycles. The van der Waals surface area contributed by atoms with Crippen LogP contribution in [0.5, 0.6) is 5.88 Å². The van der Waals surface area contributed by atoms with Crippen LogP contribution >= 0.6 is 22.7 Å². The summed E-state index contributed by atoms with van der Waals surface area (Å²) in [6, 6.07) is 12.9. The summed E-state index contributed by atoms with van der Waals surface area (Å²) in [5, 5.41) is 49.6. The largest absolute Gasteiger partial charge is 0.463 e. The van der Waals surface area contributed by atoms with Crippen LogP contribution in [0.15, 0.2) is 35.4 Å². The second-order valence-electron chi connectivity index (χ2n) is 12.0. The zero-order valence-corrected chi connectivity index (χ0v) is 26.8. The minimum absolute atomic E-state index is 0.0165. The number of fused-ring (bicyclic) bond motifs is 6. The van der Waals surface area contributed by atoms with Crippen LogP contribution in [0.4, 0.5) is 0 Å². The first-order valence-corrected chi connectivity index (χ1v) is 16.8. The van der Waals surface area contributed by atoms with Crippen molar-refractivity contribution in [1.29, 1.82) is 21.0 Å². The van der Waals surface area contributed by atoms with Gasteiger partial charge in [-0.3, -0.25) is 14.4 Å². The average Bonchev–Trinajstić information content (AvgIpc) is 3.85. The Hall–Kier alpha value is -6.09. The Balaban J connectivity index is 1.20. The molecule has 1 N–H and O–H groups in total. The molecule has 3 heterocycles. The van der Waals surface area contributed by atoms with E-state index in [-0.39, 0.29) is 55.7 Å². The van der Waals surface area contributed by atoms with Crippen LogP contribution in [0.2, 0.25) is 0 Å². The number of allylic oxidation sites excluding steroid dienone is 1. The summed E-state index contributed by atoms with van der Waals surface area (Å²) in [4.78, 5) is 51.1. The van der Waals surface area contributed by atoms with Gasteiger partial charge in [-0.15, -0.1) is 22.7 Å². The van der Waals surface area contributed by atoms with E-state index in [1.165, 1.54) is 59.1 Å². The van der Waals surface area contributed by atoms with E-state index in [1.54, 1.807) is 0 Å². The number of rotatable bonds is 2. The van der Waals surface area contributed by atoms with Crippen molar-refractivity contribution in [2.24, 2.45) is 0 Å². The van der Waals surface area contributed by atoms with Crippen LogP contribution in [0.1, 0.15) is 113 Å². The summed E-state index contributed by atoms with van der Waals surface area (Å²) < 4.78 is 6.61. The first-order chi connectivity index (χ1) is 23.7. The molecule has 4 aromatic rings. The first-order valence-electron chi connectivity index (χ1n) is 15.1. The van der Waals surface area contributed by atoms with E-state index in [9.17, 15) is 40.5 Å². The van der Waals surface area contributed by atoms with Crippen LogP contribution < -0.4 is 4.74 Å².